The Kier molecular flexibility index (Phi) is 5.03. The third-order valence-corrected chi connectivity index (χ3v) is 3.21. The molecule has 0 saturated heterocycles. The summed E-state index contributed by atoms with van der Waals surface area (Å²) >= 11 is 0. The number of nitrogens with one attached hydrogen (secondary N) is 1. The summed E-state index contributed by atoms with van der Waals surface area (Å²) in [5.41, 5.74) is 2.85. The van der Waals surface area contributed by atoms with E-state index in [2.05, 4.69) is 72.0 Å². The van der Waals surface area contributed by atoms with Crippen LogP contribution in [0, 0.1) is 19.3 Å². The molecule has 0 heterocycles. The van der Waals surface area contributed by atoms with E-state index in [-0.39, 0.29) is 11.0 Å². The van der Waals surface area contributed by atoms with Crippen LogP contribution >= 0.6 is 0 Å². The van der Waals surface area contributed by atoms with Gasteiger partial charge in [-0.2, -0.15) is 0 Å². The molecular weight excluding hydrogens is 234 g/mol. The molecular formula is C17H29NO. The van der Waals surface area contributed by atoms with E-state index in [9.17, 15) is 0 Å². The number of hydrogen-bond donors (Lipinski definition) is 1. The molecule has 0 spiro atoms. The minimum absolute atomic E-state index is 0.117. The van der Waals surface area contributed by atoms with Crippen LogP contribution in [0.2, 0.25) is 0 Å². The molecule has 0 aromatic heterocycles. The van der Waals surface area contributed by atoms with Gasteiger partial charge in [0.2, 0.25) is 0 Å². The van der Waals surface area contributed by atoms with E-state index in [0.717, 1.165) is 18.9 Å². The maximum Gasteiger partial charge on any atom is 0.119 e. The van der Waals surface area contributed by atoms with Crippen molar-refractivity contribution in [2.75, 3.05) is 13.2 Å². The van der Waals surface area contributed by atoms with Gasteiger partial charge in [-0.25, -0.2) is 0 Å². The van der Waals surface area contributed by atoms with Crippen LogP contribution in [-0.2, 0) is 0 Å². The molecule has 0 atom stereocenters. The fraction of sp³-hybridized carbons (Fsp3) is 0.647. The van der Waals surface area contributed by atoms with E-state index in [0.29, 0.717) is 0 Å². The Morgan fingerprint density at radius 1 is 1.00 bits per heavy atom. The van der Waals surface area contributed by atoms with E-state index in [1.54, 1.807) is 0 Å². The molecule has 1 N–H and O–H groups in total. The first kappa shape index (κ1) is 16.0. The number of ether oxygens (including phenoxy) is 1. The average molecular weight is 263 g/mol. The van der Waals surface area contributed by atoms with Gasteiger partial charge < -0.3 is 10.1 Å². The van der Waals surface area contributed by atoms with Crippen molar-refractivity contribution in [3.63, 3.8) is 0 Å². The van der Waals surface area contributed by atoms with Crippen LogP contribution in [-0.4, -0.2) is 18.7 Å². The monoisotopic (exact) mass is 263 g/mol. The Labute approximate surface area is 118 Å². The highest BCUT2D eigenvalue weighted by atomic mass is 16.5. The van der Waals surface area contributed by atoms with Crippen molar-refractivity contribution in [1.82, 2.24) is 5.32 Å². The summed E-state index contributed by atoms with van der Waals surface area (Å²) in [6, 6.07) is 6.28. The highest BCUT2D eigenvalue weighted by molar-refractivity contribution is 5.33. The normalized spacial score (nSPS) is 12.6. The van der Waals surface area contributed by atoms with Crippen LogP contribution in [0.25, 0.3) is 0 Å². The molecule has 0 amide bonds. The number of benzene rings is 1. The molecule has 0 bridgehead atoms. The van der Waals surface area contributed by atoms with Crippen molar-refractivity contribution >= 4 is 0 Å². The van der Waals surface area contributed by atoms with E-state index in [4.69, 9.17) is 4.74 Å². The maximum absolute atomic E-state index is 5.93. The summed E-state index contributed by atoms with van der Waals surface area (Å²) in [6.45, 7) is 16.9. The van der Waals surface area contributed by atoms with E-state index in [1.807, 2.05) is 0 Å². The molecule has 0 fully saturated rings. The van der Waals surface area contributed by atoms with Crippen molar-refractivity contribution in [1.29, 1.82) is 0 Å². The summed E-state index contributed by atoms with van der Waals surface area (Å²) in [5, 5.41) is 3.54. The molecule has 0 aliphatic carbocycles. The standard InChI is InChI=1S/C17H29NO/c1-13-8-9-15(10-14(13)2)19-12-17(6,7)11-18-16(3,4)5/h8-10,18H,11-12H2,1-7H3. The molecule has 19 heavy (non-hydrogen) atoms. The summed E-state index contributed by atoms with van der Waals surface area (Å²) in [4.78, 5) is 0. The van der Waals surface area contributed by atoms with Crippen molar-refractivity contribution in [2.45, 2.75) is 54.0 Å². The fourth-order valence-corrected chi connectivity index (χ4v) is 1.64. The Morgan fingerprint density at radius 2 is 1.63 bits per heavy atom. The van der Waals surface area contributed by atoms with E-state index < -0.39 is 0 Å². The van der Waals surface area contributed by atoms with Gasteiger partial charge in [0.15, 0.2) is 0 Å². The van der Waals surface area contributed by atoms with Crippen molar-refractivity contribution < 1.29 is 4.74 Å². The fourth-order valence-electron chi connectivity index (χ4n) is 1.64. The molecule has 2 nitrogen and oxygen atoms in total. The van der Waals surface area contributed by atoms with Gasteiger partial charge >= 0.3 is 0 Å². The first-order chi connectivity index (χ1) is 8.59. The maximum atomic E-state index is 5.93. The van der Waals surface area contributed by atoms with Gasteiger partial charge in [-0.1, -0.05) is 19.9 Å². The van der Waals surface area contributed by atoms with Crippen LogP contribution in [0.4, 0.5) is 0 Å². The van der Waals surface area contributed by atoms with Gasteiger partial charge in [-0.05, 0) is 57.9 Å². The largest absolute Gasteiger partial charge is 0.493 e. The molecule has 0 aliphatic heterocycles. The van der Waals surface area contributed by atoms with Gasteiger partial charge in [0, 0.05) is 17.5 Å². The van der Waals surface area contributed by atoms with E-state index >= 15 is 0 Å². The van der Waals surface area contributed by atoms with Crippen LogP contribution in [0.1, 0.15) is 45.7 Å². The topological polar surface area (TPSA) is 21.3 Å². The summed E-state index contributed by atoms with van der Waals surface area (Å²) < 4.78 is 5.93. The van der Waals surface area contributed by atoms with Crippen LogP contribution < -0.4 is 10.1 Å². The summed E-state index contributed by atoms with van der Waals surface area (Å²) in [6.07, 6.45) is 0. The van der Waals surface area contributed by atoms with Crippen molar-refractivity contribution in [3.05, 3.63) is 29.3 Å². The van der Waals surface area contributed by atoms with Gasteiger partial charge in [0.05, 0.1) is 6.61 Å². The number of rotatable bonds is 5. The quantitative estimate of drug-likeness (QED) is 0.863. The first-order valence-electron chi connectivity index (χ1n) is 7.04. The predicted molar refractivity (Wildman–Crippen MR) is 82.9 cm³/mol. The lowest BCUT2D eigenvalue weighted by molar-refractivity contribution is 0.165. The Balaban J connectivity index is 2.52. The zero-order valence-corrected chi connectivity index (χ0v) is 13.6. The number of hydrogen-bond acceptors (Lipinski definition) is 2. The highest BCUT2D eigenvalue weighted by Crippen LogP contribution is 2.21. The third-order valence-electron chi connectivity index (χ3n) is 3.21. The second kappa shape index (κ2) is 5.96. The average Bonchev–Trinajstić information content (AvgIpc) is 2.28. The SMILES string of the molecule is Cc1ccc(OCC(C)(C)CNC(C)(C)C)cc1C. The van der Waals surface area contributed by atoms with E-state index in [1.165, 1.54) is 11.1 Å². The predicted octanol–water partition coefficient (Wildman–Crippen LogP) is 4.10. The van der Waals surface area contributed by atoms with Crippen LogP contribution in [0.3, 0.4) is 0 Å². The van der Waals surface area contributed by atoms with Gasteiger partial charge in [-0.15, -0.1) is 0 Å². The smallest absolute Gasteiger partial charge is 0.119 e. The summed E-state index contributed by atoms with van der Waals surface area (Å²) in [5.74, 6) is 0.965. The molecule has 0 unspecified atom stereocenters. The second-order valence-corrected chi connectivity index (χ2v) is 7.30. The van der Waals surface area contributed by atoms with Crippen LogP contribution in [0.5, 0.6) is 5.75 Å². The minimum atomic E-state index is 0.117. The van der Waals surface area contributed by atoms with Gasteiger partial charge in [0.1, 0.15) is 5.75 Å². The molecule has 0 saturated carbocycles. The Bertz CT molecular complexity index is 416. The first-order valence-corrected chi connectivity index (χ1v) is 7.04. The lowest BCUT2D eigenvalue weighted by Gasteiger charge is -2.30. The Hall–Kier alpha value is -1.02. The van der Waals surface area contributed by atoms with Gasteiger partial charge in [-0.3, -0.25) is 0 Å². The zero-order chi connectivity index (χ0) is 14.7. The summed E-state index contributed by atoms with van der Waals surface area (Å²) in [7, 11) is 0. The molecule has 2 heteroatoms. The molecule has 1 rings (SSSR count). The lowest BCUT2D eigenvalue weighted by Crippen LogP contribution is -2.43. The molecule has 1 aromatic carbocycles. The van der Waals surface area contributed by atoms with Crippen molar-refractivity contribution in [2.24, 2.45) is 5.41 Å². The molecule has 0 aliphatic rings. The zero-order valence-electron chi connectivity index (χ0n) is 13.6. The lowest BCUT2D eigenvalue weighted by atomic mass is 9.93. The second-order valence-electron chi connectivity index (χ2n) is 7.30. The molecule has 1 aromatic rings. The molecule has 108 valence electrons. The highest BCUT2D eigenvalue weighted by Gasteiger charge is 2.21. The third kappa shape index (κ3) is 6.11. The Morgan fingerprint density at radius 3 is 2.16 bits per heavy atom. The van der Waals surface area contributed by atoms with Gasteiger partial charge in [0.25, 0.3) is 0 Å². The van der Waals surface area contributed by atoms with Crippen molar-refractivity contribution in [3.8, 4) is 5.75 Å². The molecule has 0 radical (unpaired) electrons. The van der Waals surface area contributed by atoms with Crippen LogP contribution in [0.15, 0.2) is 18.2 Å². The minimum Gasteiger partial charge on any atom is -0.493 e. The number of aryl methyl sites for hydroxylation is 2.